The summed E-state index contributed by atoms with van der Waals surface area (Å²) in [5.41, 5.74) is 1.24. The second-order valence-corrected chi connectivity index (χ2v) is 5.79. The maximum absolute atomic E-state index is 12.0. The summed E-state index contributed by atoms with van der Waals surface area (Å²) >= 11 is 0. The fourth-order valence-electron chi connectivity index (χ4n) is 3.14. The number of nitrogens with one attached hydrogen (secondary N) is 1. The Labute approximate surface area is 123 Å². The predicted octanol–water partition coefficient (Wildman–Crippen LogP) is 1.75. The van der Waals surface area contributed by atoms with Gasteiger partial charge in [0, 0.05) is 6.42 Å². The standard InChI is InChI=1S/C16H19NO4/c18-15(17-13-9-12-6-7-14(13)21-12)8-3-10-1-4-11(5-2-10)16(19)20/h1-2,4-5,12-14H,3,6-9H2,(H,17,18)(H,19,20)/t12-,13-,14+/m1/s1. The maximum atomic E-state index is 12.0. The van der Waals surface area contributed by atoms with E-state index in [0.29, 0.717) is 18.9 Å². The van der Waals surface area contributed by atoms with Crippen molar-refractivity contribution in [3.63, 3.8) is 0 Å². The number of carbonyl (C=O) groups excluding carboxylic acids is 1. The van der Waals surface area contributed by atoms with Crippen molar-refractivity contribution in [2.24, 2.45) is 0 Å². The second-order valence-electron chi connectivity index (χ2n) is 5.79. The van der Waals surface area contributed by atoms with Crippen molar-refractivity contribution < 1.29 is 19.4 Å². The first kappa shape index (κ1) is 14.1. The number of carboxylic acid groups (broad SMARTS) is 1. The minimum absolute atomic E-state index is 0.0402. The van der Waals surface area contributed by atoms with E-state index in [-0.39, 0.29) is 23.6 Å². The largest absolute Gasteiger partial charge is 0.478 e. The van der Waals surface area contributed by atoms with Gasteiger partial charge < -0.3 is 15.2 Å². The number of hydrogen-bond donors (Lipinski definition) is 2. The fraction of sp³-hybridized carbons (Fsp3) is 0.500. The van der Waals surface area contributed by atoms with E-state index in [1.165, 1.54) is 0 Å². The average Bonchev–Trinajstić information content (AvgIpc) is 3.08. The molecule has 21 heavy (non-hydrogen) atoms. The Hall–Kier alpha value is -1.88. The lowest BCUT2D eigenvalue weighted by Gasteiger charge is -2.19. The van der Waals surface area contributed by atoms with E-state index < -0.39 is 5.97 Å². The Kier molecular flexibility index (Phi) is 3.92. The van der Waals surface area contributed by atoms with E-state index in [0.717, 1.165) is 24.8 Å². The van der Waals surface area contributed by atoms with Crippen LogP contribution in [0.3, 0.4) is 0 Å². The third-order valence-electron chi connectivity index (χ3n) is 4.29. The van der Waals surface area contributed by atoms with Crippen molar-refractivity contribution in [1.82, 2.24) is 5.32 Å². The molecule has 3 atom stereocenters. The number of ether oxygens (including phenoxy) is 1. The molecule has 2 N–H and O–H groups in total. The number of amides is 1. The molecule has 112 valence electrons. The van der Waals surface area contributed by atoms with Gasteiger partial charge in [-0.2, -0.15) is 0 Å². The normalized spacial score (nSPS) is 26.8. The van der Waals surface area contributed by atoms with Crippen molar-refractivity contribution in [3.8, 4) is 0 Å². The summed E-state index contributed by atoms with van der Waals surface area (Å²) in [5.74, 6) is -0.894. The second kappa shape index (κ2) is 5.85. The molecule has 2 saturated heterocycles. The number of hydrogen-bond acceptors (Lipinski definition) is 3. The van der Waals surface area contributed by atoms with Crippen LogP contribution in [0.4, 0.5) is 0 Å². The Morgan fingerprint density at radius 3 is 2.57 bits per heavy atom. The highest BCUT2D eigenvalue weighted by Crippen LogP contribution is 2.34. The zero-order valence-corrected chi connectivity index (χ0v) is 11.7. The van der Waals surface area contributed by atoms with E-state index in [1.54, 1.807) is 24.3 Å². The van der Waals surface area contributed by atoms with Gasteiger partial charge in [-0.1, -0.05) is 12.1 Å². The fourth-order valence-corrected chi connectivity index (χ4v) is 3.14. The molecule has 0 aromatic heterocycles. The molecule has 0 saturated carbocycles. The Morgan fingerprint density at radius 1 is 1.24 bits per heavy atom. The van der Waals surface area contributed by atoms with Crippen LogP contribution in [0, 0.1) is 0 Å². The zero-order chi connectivity index (χ0) is 14.8. The number of aromatic carboxylic acids is 1. The molecular weight excluding hydrogens is 270 g/mol. The number of rotatable bonds is 5. The first-order valence-corrected chi connectivity index (χ1v) is 7.39. The van der Waals surface area contributed by atoms with Gasteiger partial charge in [0.15, 0.2) is 0 Å². The van der Waals surface area contributed by atoms with Gasteiger partial charge in [-0.25, -0.2) is 4.79 Å². The van der Waals surface area contributed by atoms with Gasteiger partial charge in [-0.05, 0) is 43.4 Å². The number of aryl methyl sites for hydroxylation is 1. The van der Waals surface area contributed by atoms with Crippen molar-refractivity contribution in [1.29, 1.82) is 0 Å². The van der Waals surface area contributed by atoms with Crippen LogP contribution in [-0.2, 0) is 16.0 Å². The first-order chi connectivity index (χ1) is 10.1. The zero-order valence-electron chi connectivity index (χ0n) is 11.7. The predicted molar refractivity (Wildman–Crippen MR) is 76.2 cm³/mol. The molecule has 5 nitrogen and oxygen atoms in total. The molecule has 1 amide bonds. The van der Waals surface area contributed by atoms with E-state index in [1.807, 2.05) is 0 Å². The van der Waals surface area contributed by atoms with E-state index in [2.05, 4.69) is 5.32 Å². The molecule has 0 spiro atoms. The Morgan fingerprint density at radius 2 is 2.00 bits per heavy atom. The van der Waals surface area contributed by atoms with Crippen LogP contribution in [0.5, 0.6) is 0 Å². The quantitative estimate of drug-likeness (QED) is 0.866. The highest BCUT2D eigenvalue weighted by atomic mass is 16.5. The van der Waals surface area contributed by atoms with Crippen LogP contribution in [-0.4, -0.2) is 35.2 Å². The summed E-state index contributed by atoms with van der Waals surface area (Å²) in [6, 6.07) is 6.83. The third kappa shape index (κ3) is 3.24. The molecule has 2 aliphatic heterocycles. The van der Waals surface area contributed by atoms with Crippen LogP contribution in [0.1, 0.15) is 41.6 Å². The Bertz CT molecular complexity index is 540. The molecule has 0 unspecified atom stereocenters. The lowest BCUT2D eigenvalue weighted by atomic mass is 9.95. The van der Waals surface area contributed by atoms with Gasteiger partial charge >= 0.3 is 5.97 Å². The lowest BCUT2D eigenvalue weighted by Crippen LogP contribution is -2.41. The molecule has 2 heterocycles. The van der Waals surface area contributed by atoms with Crippen molar-refractivity contribution in [2.45, 2.75) is 50.4 Å². The van der Waals surface area contributed by atoms with Crippen LogP contribution in [0.2, 0.25) is 0 Å². The molecular formula is C16H19NO4. The highest BCUT2D eigenvalue weighted by Gasteiger charge is 2.41. The Balaban J connectivity index is 1.46. The molecule has 1 aromatic rings. The maximum Gasteiger partial charge on any atom is 0.335 e. The summed E-state index contributed by atoms with van der Waals surface area (Å²) in [5, 5.41) is 11.9. The number of fused-ring (bicyclic) bond motifs is 2. The van der Waals surface area contributed by atoms with Gasteiger partial charge in [0.05, 0.1) is 23.8 Å². The third-order valence-corrected chi connectivity index (χ3v) is 4.29. The molecule has 1 aromatic carbocycles. The monoisotopic (exact) mass is 289 g/mol. The minimum atomic E-state index is -0.935. The number of carboxylic acids is 1. The molecule has 3 rings (SSSR count). The molecule has 0 aliphatic carbocycles. The van der Waals surface area contributed by atoms with E-state index in [4.69, 9.17) is 9.84 Å². The van der Waals surface area contributed by atoms with Crippen LogP contribution in [0.15, 0.2) is 24.3 Å². The van der Waals surface area contributed by atoms with Crippen LogP contribution >= 0.6 is 0 Å². The van der Waals surface area contributed by atoms with Gasteiger partial charge in [-0.15, -0.1) is 0 Å². The smallest absolute Gasteiger partial charge is 0.335 e. The topological polar surface area (TPSA) is 75.6 Å². The van der Waals surface area contributed by atoms with Gasteiger partial charge in [0.1, 0.15) is 0 Å². The van der Waals surface area contributed by atoms with Crippen molar-refractivity contribution >= 4 is 11.9 Å². The van der Waals surface area contributed by atoms with Gasteiger partial charge in [-0.3, -0.25) is 4.79 Å². The van der Waals surface area contributed by atoms with Gasteiger partial charge in [0.25, 0.3) is 0 Å². The molecule has 2 fully saturated rings. The van der Waals surface area contributed by atoms with E-state index >= 15 is 0 Å². The van der Waals surface area contributed by atoms with Crippen molar-refractivity contribution in [3.05, 3.63) is 35.4 Å². The van der Waals surface area contributed by atoms with Crippen molar-refractivity contribution in [2.75, 3.05) is 0 Å². The minimum Gasteiger partial charge on any atom is -0.478 e. The molecule has 5 heteroatoms. The summed E-state index contributed by atoms with van der Waals surface area (Å²) in [7, 11) is 0. The number of carbonyl (C=O) groups is 2. The molecule has 2 aliphatic rings. The molecule has 0 radical (unpaired) electrons. The van der Waals surface area contributed by atoms with Gasteiger partial charge in [0.2, 0.25) is 5.91 Å². The lowest BCUT2D eigenvalue weighted by molar-refractivity contribution is -0.122. The van der Waals surface area contributed by atoms with Crippen LogP contribution < -0.4 is 5.32 Å². The summed E-state index contributed by atoms with van der Waals surface area (Å²) in [6.45, 7) is 0. The summed E-state index contributed by atoms with van der Waals surface area (Å²) in [6.07, 6.45) is 4.68. The van der Waals surface area contributed by atoms with Crippen LogP contribution in [0.25, 0.3) is 0 Å². The summed E-state index contributed by atoms with van der Waals surface area (Å²) < 4.78 is 5.71. The summed E-state index contributed by atoms with van der Waals surface area (Å²) in [4.78, 5) is 22.7. The first-order valence-electron chi connectivity index (χ1n) is 7.39. The average molecular weight is 289 g/mol. The highest BCUT2D eigenvalue weighted by molar-refractivity contribution is 5.87. The number of benzene rings is 1. The molecule has 2 bridgehead atoms. The van der Waals surface area contributed by atoms with E-state index in [9.17, 15) is 9.59 Å². The SMILES string of the molecule is O=C(CCc1ccc(C(=O)O)cc1)N[C@@H]1C[C@H]2CC[C@@H]1O2.